The maximum atomic E-state index is 13.6. The van der Waals surface area contributed by atoms with Gasteiger partial charge in [-0.05, 0) is 49.6 Å². The zero-order chi connectivity index (χ0) is 23.2. The van der Waals surface area contributed by atoms with Crippen molar-refractivity contribution in [2.24, 2.45) is 0 Å². The van der Waals surface area contributed by atoms with Gasteiger partial charge in [0.25, 0.3) is 0 Å². The first kappa shape index (κ1) is 22.9. The van der Waals surface area contributed by atoms with E-state index in [-0.39, 0.29) is 18.0 Å². The molecule has 3 N–H and O–H groups in total. The third-order valence-electron chi connectivity index (χ3n) is 5.39. The lowest BCUT2D eigenvalue weighted by atomic mass is 10.1. The first-order valence-electron chi connectivity index (χ1n) is 11.4. The summed E-state index contributed by atoms with van der Waals surface area (Å²) < 4.78 is 21.1. The summed E-state index contributed by atoms with van der Waals surface area (Å²) in [5.41, 5.74) is 2.67. The van der Waals surface area contributed by atoms with Gasteiger partial charge in [0, 0.05) is 31.1 Å². The second-order valence-corrected chi connectivity index (χ2v) is 7.75. The highest BCUT2D eigenvalue weighted by Crippen LogP contribution is 2.25. The Labute approximate surface area is 192 Å². The number of anilines is 2. The van der Waals surface area contributed by atoms with Gasteiger partial charge in [-0.3, -0.25) is 5.10 Å². The molecule has 0 aliphatic carbocycles. The van der Waals surface area contributed by atoms with E-state index in [0.29, 0.717) is 24.0 Å². The van der Waals surface area contributed by atoms with Gasteiger partial charge in [0.05, 0.1) is 12.1 Å². The monoisotopic (exact) mass is 451 g/mol. The third kappa shape index (κ3) is 5.37. The van der Waals surface area contributed by atoms with Gasteiger partial charge in [-0.15, -0.1) is 0 Å². The van der Waals surface area contributed by atoms with Crippen molar-refractivity contribution in [3.05, 3.63) is 71.6 Å². The summed E-state index contributed by atoms with van der Waals surface area (Å²) in [5, 5.41) is 18.7. The summed E-state index contributed by atoms with van der Waals surface area (Å²) in [5.74, 6) is 1.62. The number of hydrogen-bond acceptors (Lipinski definition) is 6. The second kappa shape index (κ2) is 10.5. The number of ether oxygens (including phenoxy) is 1. The van der Waals surface area contributed by atoms with Crippen molar-refractivity contribution in [2.75, 3.05) is 18.5 Å². The molecule has 1 aromatic carbocycles. The van der Waals surface area contributed by atoms with Crippen LogP contribution in [0.1, 0.15) is 49.8 Å². The van der Waals surface area contributed by atoms with E-state index < -0.39 is 0 Å². The highest BCUT2D eigenvalue weighted by Gasteiger charge is 2.23. The Morgan fingerprint density at radius 2 is 2.06 bits per heavy atom. The Kier molecular flexibility index (Phi) is 7.31. The van der Waals surface area contributed by atoms with Crippen molar-refractivity contribution in [1.82, 2.24) is 30.1 Å². The van der Waals surface area contributed by atoms with Gasteiger partial charge in [0.2, 0.25) is 0 Å². The molecule has 3 aromatic heterocycles. The number of nitrogens with zero attached hydrogens (tertiary/aromatic N) is 4. The molecule has 1 aliphatic heterocycles. The summed E-state index contributed by atoms with van der Waals surface area (Å²) in [7, 11) is 0. The van der Waals surface area contributed by atoms with Crippen molar-refractivity contribution in [1.29, 1.82) is 0 Å². The molecule has 33 heavy (non-hydrogen) atoms. The van der Waals surface area contributed by atoms with Gasteiger partial charge in [0.1, 0.15) is 11.3 Å². The Bertz CT molecular complexity index is 1170. The number of H-pyrrole nitrogens is 1. The Balaban J connectivity index is 0.00000126. The first-order chi connectivity index (χ1) is 16.2. The third-order valence-corrected chi connectivity index (χ3v) is 5.39. The zero-order valence-corrected chi connectivity index (χ0v) is 19.2. The van der Waals surface area contributed by atoms with E-state index in [1.165, 1.54) is 12.1 Å². The van der Waals surface area contributed by atoms with Crippen molar-refractivity contribution < 1.29 is 9.13 Å². The van der Waals surface area contributed by atoms with E-state index in [2.05, 4.69) is 20.8 Å². The number of halogens is 1. The minimum absolute atomic E-state index is 0.155. The van der Waals surface area contributed by atoms with Crippen LogP contribution in [0.3, 0.4) is 0 Å². The van der Waals surface area contributed by atoms with Gasteiger partial charge in [-0.25, -0.2) is 13.9 Å². The Morgan fingerprint density at radius 3 is 2.76 bits per heavy atom. The number of rotatable bonds is 7. The molecular formula is C24H30FN7O. The average Bonchev–Trinajstić information content (AvgIpc) is 3.59. The van der Waals surface area contributed by atoms with E-state index in [1.807, 2.05) is 45.2 Å². The molecule has 0 spiro atoms. The molecule has 4 heterocycles. The summed E-state index contributed by atoms with van der Waals surface area (Å²) in [4.78, 5) is 4.83. The lowest BCUT2D eigenvalue weighted by Crippen LogP contribution is -2.32. The lowest BCUT2D eigenvalue weighted by molar-refractivity contribution is 0.108. The zero-order valence-electron chi connectivity index (χ0n) is 19.2. The quantitative estimate of drug-likeness (QED) is 0.382. The summed E-state index contributed by atoms with van der Waals surface area (Å²) in [6.07, 6.45) is 4.12. The number of aryl methyl sites for hydroxylation is 1. The lowest BCUT2D eigenvalue weighted by Gasteiger charge is -2.21. The maximum Gasteiger partial charge on any atom is 0.173 e. The average molecular weight is 452 g/mol. The molecule has 2 unspecified atom stereocenters. The summed E-state index contributed by atoms with van der Waals surface area (Å²) >= 11 is 0. The van der Waals surface area contributed by atoms with Crippen LogP contribution in [0.15, 0.2) is 48.7 Å². The SMILES string of the molecule is CC.Cc1cc(Nc2nc(C(NCC3CCCO3)c3ccc(F)cc3)nn3cccc23)n[nH]1. The molecule has 5 rings (SSSR count). The van der Waals surface area contributed by atoms with Gasteiger partial charge in [-0.2, -0.15) is 10.2 Å². The fraction of sp³-hybridized carbons (Fsp3) is 0.375. The number of hydrogen-bond donors (Lipinski definition) is 3. The highest BCUT2D eigenvalue weighted by molar-refractivity contribution is 5.72. The fourth-order valence-electron chi connectivity index (χ4n) is 3.84. The van der Waals surface area contributed by atoms with Crippen molar-refractivity contribution in [3.63, 3.8) is 0 Å². The molecule has 9 heteroatoms. The predicted octanol–water partition coefficient (Wildman–Crippen LogP) is 4.53. The van der Waals surface area contributed by atoms with Crippen LogP contribution in [-0.2, 0) is 4.74 Å². The number of aromatic nitrogens is 5. The molecule has 0 saturated carbocycles. The van der Waals surface area contributed by atoms with Crippen LogP contribution in [0.25, 0.3) is 5.52 Å². The normalized spacial score (nSPS) is 16.4. The second-order valence-electron chi connectivity index (χ2n) is 7.75. The topological polar surface area (TPSA) is 92.2 Å². The van der Waals surface area contributed by atoms with Crippen LogP contribution in [0.5, 0.6) is 0 Å². The highest BCUT2D eigenvalue weighted by atomic mass is 19.1. The van der Waals surface area contributed by atoms with Crippen molar-refractivity contribution >= 4 is 17.2 Å². The molecule has 1 saturated heterocycles. The van der Waals surface area contributed by atoms with Gasteiger partial charge in [-0.1, -0.05) is 26.0 Å². The van der Waals surface area contributed by atoms with Crippen LogP contribution in [0.4, 0.5) is 16.0 Å². The van der Waals surface area contributed by atoms with Crippen molar-refractivity contribution in [3.8, 4) is 0 Å². The van der Waals surface area contributed by atoms with E-state index in [4.69, 9.17) is 14.8 Å². The smallest absolute Gasteiger partial charge is 0.173 e. The van der Waals surface area contributed by atoms with E-state index in [0.717, 1.165) is 36.2 Å². The van der Waals surface area contributed by atoms with Gasteiger partial charge >= 0.3 is 0 Å². The number of fused-ring (bicyclic) bond motifs is 1. The molecule has 1 fully saturated rings. The first-order valence-corrected chi connectivity index (χ1v) is 11.4. The maximum absolute atomic E-state index is 13.6. The van der Waals surface area contributed by atoms with Crippen LogP contribution in [0, 0.1) is 12.7 Å². The number of aromatic amines is 1. The Morgan fingerprint density at radius 1 is 1.24 bits per heavy atom. The molecule has 0 bridgehead atoms. The number of nitrogens with one attached hydrogen (secondary N) is 3. The van der Waals surface area contributed by atoms with Gasteiger partial charge in [0.15, 0.2) is 17.5 Å². The largest absolute Gasteiger partial charge is 0.377 e. The summed E-state index contributed by atoms with van der Waals surface area (Å²) in [6.45, 7) is 7.39. The molecule has 2 atom stereocenters. The number of benzene rings is 1. The molecule has 0 radical (unpaired) electrons. The molecule has 1 aliphatic rings. The Hall–Kier alpha value is -3.30. The molecule has 174 valence electrons. The summed E-state index contributed by atoms with van der Waals surface area (Å²) in [6, 6.07) is 11.9. The van der Waals surface area contributed by atoms with E-state index in [9.17, 15) is 4.39 Å². The standard InChI is InChI=1S/C22H24FN7O.C2H6/c1-14-12-19(28-27-14)25-21-18-5-2-10-30(18)29-22(26-21)20(15-6-8-16(23)9-7-15)24-13-17-4-3-11-31-17;1-2/h2,5-10,12,17,20,24H,3-4,11,13H2,1H3,(H2,25,26,27,28,29);1-2H3. The van der Waals surface area contributed by atoms with E-state index >= 15 is 0 Å². The minimum Gasteiger partial charge on any atom is -0.377 e. The molecule has 0 amide bonds. The van der Waals surface area contributed by atoms with Crippen LogP contribution < -0.4 is 10.6 Å². The molecular weight excluding hydrogens is 421 g/mol. The fourth-order valence-corrected chi connectivity index (χ4v) is 3.84. The van der Waals surface area contributed by atoms with Gasteiger partial charge < -0.3 is 15.4 Å². The van der Waals surface area contributed by atoms with Crippen LogP contribution in [-0.4, -0.2) is 44.1 Å². The van der Waals surface area contributed by atoms with Crippen LogP contribution >= 0.6 is 0 Å². The molecule has 8 nitrogen and oxygen atoms in total. The van der Waals surface area contributed by atoms with E-state index in [1.54, 1.807) is 16.6 Å². The van der Waals surface area contributed by atoms with Crippen molar-refractivity contribution in [2.45, 2.75) is 45.8 Å². The predicted molar refractivity (Wildman–Crippen MR) is 126 cm³/mol. The minimum atomic E-state index is -0.321. The van der Waals surface area contributed by atoms with Crippen LogP contribution in [0.2, 0.25) is 0 Å². The molecule has 4 aromatic rings.